The summed E-state index contributed by atoms with van der Waals surface area (Å²) >= 11 is 1.42. The summed E-state index contributed by atoms with van der Waals surface area (Å²) in [5.41, 5.74) is 4.78. The number of hydrogen-bond donors (Lipinski definition) is 1. The van der Waals surface area contributed by atoms with Crippen LogP contribution in [0, 0.1) is 12.7 Å². The van der Waals surface area contributed by atoms with Crippen molar-refractivity contribution in [2.45, 2.75) is 33.1 Å². The number of anilines is 1. The number of amides is 1. The lowest BCUT2D eigenvalue weighted by atomic mass is 10.0. The number of hydrogen-bond acceptors (Lipinski definition) is 3. The Labute approximate surface area is 179 Å². The highest BCUT2D eigenvalue weighted by molar-refractivity contribution is 7.20. The number of nitrogens with zero attached hydrogens (tertiary/aromatic N) is 1. The molecule has 0 radical (unpaired) electrons. The summed E-state index contributed by atoms with van der Waals surface area (Å²) in [6.45, 7) is 4.20. The van der Waals surface area contributed by atoms with Crippen LogP contribution in [0.2, 0.25) is 0 Å². The maximum Gasteiger partial charge on any atom is 0.266 e. The smallest absolute Gasteiger partial charge is 0.266 e. The van der Waals surface area contributed by atoms with Crippen molar-refractivity contribution in [3.05, 3.63) is 82.5 Å². The molecule has 1 amide bonds. The van der Waals surface area contributed by atoms with Crippen LogP contribution >= 0.6 is 11.3 Å². The van der Waals surface area contributed by atoms with Crippen LogP contribution in [0.15, 0.2) is 60.7 Å². The summed E-state index contributed by atoms with van der Waals surface area (Å²) in [5.74, 6) is -0.501. The van der Waals surface area contributed by atoms with Crippen LogP contribution in [0.5, 0.6) is 0 Å². The molecule has 0 saturated heterocycles. The van der Waals surface area contributed by atoms with Gasteiger partial charge in [0.25, 0.3) is 5.91 Å². The van der Waals surface area contributed by atoms with Crippen molar-refractivity contribution in [2.24, 2.45) is 0 Å². The van der Waals surface area contributed by atoms with E-state index >= 15 is 0 Å². The van der Waals surface area contributed by atoms with Crippen LogP contribution in [-0.4, -0.2) is 10.9 Å². The molecule has 0 aliphatic rings. The molecule has 152 valence electrons. The minimum absolute atomic E-state index is 0.174. The second-order valence-corrected chi connectivity index (χ2v) is 8.39. The number of pyridine rings is 1. The number of aryl methyl sites for hydroxylation is 2. The summed E-state index contributed by atoms with van der Waals surface area (Å²) in [6, 6.07) is 18.2. The molecule has 0 unspecified atom stereocenters. The zero-order valence-electron chi connectivity index (χ0n) is 17.0. The number of aromatic nitrogens is 1. The topological polar surface area (TPSA) is 42.0 Å². The predicted molar refractivity (Wildman–Crippen MR) is 123 cm³/mol. The second-order valence-electron chi connectivity index (χ2n) is 7.39. The molecule has 2 aromatic heterocycles. The quantitative estimate of drug-likeness (QED) is 0.366. The normalized spacial score (nSPS) is 11.0. The first-order valence-corrected chi connectivity index (χ1v) is 10.9. The molecule has 0 saturated carbocycles. The van der Waals surface area contributed by atoms with E-state index in [-0.39, 0.29) is 11.7 Å². The van der Waals surface area contributed by atoms with Crippen LogP contribution in [0.4, 0.5) is 10.1 Å². The Morgan fingerprint density at radius 1 is 1.03 bits per heavy atom. The Balaban J connectivity index is 1.72. The van der Waals surface area contributed by atoms with Crippen LogP contribution in [0.25, 0.3) is 21.5 Å². The van der Waals surface area contributed by atoms with Crippen molar-refractivity contribution in [1.29, 1.82) is 0 Å². The van der Waals surface area contributed by atoms with Crippen LogP contribution < -0.4 is 5.32 Å². The maximum absolute atomic E-state index is 13.2. The average Bonchev–Trinajstić information content (AvgIpc) is 3.12. The first kappa shape index (κ1) is 20.2. The van der Waals surface area contributed by atoms with Gasteiger partial charge in [-0.05, 0) is 61.7 Å². The molecule has 2 aromatic carbocycles. The van der Waals surface area contributed by atoms with Crippen LogP contribution in [-0.2, 0) is 6.42 Å². The molecule has 2 heterocycles. The predicted octanol–water partition coefficient (Wildman–Crippen LogP) is 7.01. The third-order valence-corrected chi connectivity index (χ3v) is 6.23. The fraction of sp³-hybridized carbons (Fsp3) is 0.200. The lowest BCUT2D eigenvalue weighted by Crippen LogP contribution is -2.12. The van der Waals surface area contributed by atoms with Gasteiger partial charge in [0, 0.05) is 16.6 Å². The van der Waals surface area contributed by atoms with Crippen molar-refractivity contribution in [3.63, 3.8) is 0 Å². The third kappa shape index (κ3) is 4.26. The highest BCUT2D eigenvalue weighted by Gasteiger charge is 2.19. The van der Waals surface area contributed by atoms with Crippen LogP contribution in [0.1, 0.15) is 40.6 Å². The van der Waals surface area contributed by atoms with Gasteiger partial charge in [-0.15, -0.1) is 11.3 Å². The largest absolute Gasteiger partial charge is 0.321 e. The van der Waals surface area contributed by atoms with Gasteiger partial charge in [-0.2, -0.15) is 0 Å². The first-order chi connectivity index (χ1) is 14.5. The van der Waals surface area contributed by atoms with E-state index < -0.39 is 0 Å². The molecule has 5 heteroatoms. The van der Waals surface area contributed by atoms with E-state index in [1.807, 2.05) is 6.07 Å². The average molecular weight is 419 g/mol. The minimum atomic E-state index is -0.327. The van der Waals surface area contributed by atoms with E-state index in [1.165, 1.54) is 29.0 Å². The van der Waals surface area contributed by atoms with Crippen molar-refractivity contribution < 1.29 is 9.18 Å². The molecular formula is C25H23FN2OS. The number of thiophene rings is 1. The Kier molecular flexibility index (Phi) is 5.91. The molecule has 4 rings (SSSR count). The molecule has 4 aromatic rings. The van der Waals surface area contributed by atoms with Gasteiger partial charge in [0.2, 0.25) is 0 Å². The zero-order chi connectivity index (χ0) is 21.1. The van der Waals surface area contributed by atoms with Gasteiger partial charge in [0.05, 0.1) is 10.6 Å². The fourth-order valence-electron chi connectivity index (χ4n) is 3.42. The molecule has 1 N–H and O–H groups in total. The van der Waals surface area contributed by atoms with Gasteiger partial charge < -0.3 is 5.32 Å². The summed E-state index contributed by atoms with van der Waals surface area (Å²) in [4.78, 5) is 19.4. The number of fused-ring (bicyclic) bond motifs is 1. The first-order valence-electron chi connectivity index (χ1n) is 10.1. The molecule has 0 atom stereocenters. The summed E-state index contributed by atoms with van der Waals surface area (Å²) in [7, 11) is 0. The Morgan fingerprint density at radius 2 is 1.77 bits per heavy atom. The number of carbonyl (C=O) groups is 1. The van der Waals surface area contributed by atoms with E-state index in [1.54, 1.807) is 12.1 Å². The zero-order valence-corrected chi connectivity index (χ0v) is 17.9. The van der Waals surface area contributed by atoms with Crippen molar-refractivity contribution in [1.82, 2.24) is 4.98 Å². The van der Waals surface area contributed by atoms with Gasteiger partial charge in [0.1, 0.15) is 10.6 Å². The number of unbranched alkanes of at least 4 members (excludes halogenated alkanes) is 1. The lowest BCUT2D eigenvalue weighted by Gasteiger charge is -2.06. The van der Waals surface area contributed by atoms with E-state index in [2.05, 4.69) is 49.5 Å². The molecular weight excluding hydrogens is 395 g/mol. The van der Waals surface area contributed by atoms with Gasteiger partial charge in [-0.25, -0.2) is 9.37 Å². The highest BCUT2D eigenvalue weighted by Crippen LogP contribution is 2.34. The standard InChI is InChI=1S/C25H23FN2OS/c1-3-4-5-20-21-14-15-22(17-8-6-16(2)7-9-17)28-25(21)30-23(20)24(29)27-19-12-10-18(26)11-13-19/h6-15H,3-5H2,1-2H3,(H,27,29). The Bertz CT molecular complexity index is 1180. The van der Waals surface area contributed by atoms with E-state index in [0.29, 0.717) is 10.6 Å². The summed E-state index contributed by atoms with van der Waals surface area (Å²) in [5, 5.41) is 3.93. The molecule has 0 aliphatic heterocycles. The number of halogens is 1. The number of benzene rings is 2. The molecule has 0 bridgehead atoms. The van der Waals surface area contributed by atoms with Gasteiger partial charge in [-0.3, -0.25) is 4.79 Å². The Hall–Kier alpha value is -3.05. The van der Waals surface area contributed by atoms with Crippen molar-refractivity contribution >= 4 is 33.1 Å². The van der Waals surface area contributed by atoms with E-state index in [9.17, 15) is 9.18 Å². The lowest BCUT2D eigenvalue weighted by molar-refractivity contribution is 0.103. The molecule has 3 nitrogen and oxygen atoms in total. The number of nitrogens with one attached hydrogen (secondary N) is 1. The number of carbonyl (C=O) groups excluding carboxylic acids is 1. The Morgan fingerprint density at radius 3 is 2.47 bits per heavy atom. The number of rotatable bonds is 6. The van der Waals surface area contributed by atoms with Gasteiger partial charge in [0.15, 0.2) is 0 Å². The summed E-state index contributed by atoms with van der Waals surface area (Å²) < 4.78 is 13.2. The van der Waals surface area contributed by atoms with Crippen molar-refractivity contribution in [3.8, 4) is 11.3 Å². The fourth-order valence-corrected chi connectivity index (χ4v) is 4.54. The SMILES string of the molecule is CCCCc1c(C(=O)Nc2ccc(F)cc2)sc2nc(-c3ccc(C)cc3)ccc12. The molecule has 30 heavy (non-hydrogen) atoms. The summed E-state index contributed by atoms with van der Waals surface area (Å²) in [6.07, 6.45) is 2.88. The van der Waals surface area contributed by atoms with Crippen molar-refractivity contribution in [2.75, 3.05) is 5.32 Å². The van der Waals surface area contributed by atoms with E-state index in [4.69, 9.17) is 4.98 Å². The second kappa shape index (κ2) is 8.76. The van der Waals surface area contributed by atoms with Crippen LogP contribution in [0.3, 0.4) is 0 Å². The molecule has 0 fully saturated rings. The maximum atomic E-state index is 13.2. The molecule has 0 spiro atoms. The monoisotopic (exact) mass is 418 g/mol. The van der Waals surface area contributed by atoms with E-state index in [0.717, 1.165) is 46.3 Å². The molecule has 0 aliphatic carbocycles. The van der Waals surface area contributed by atoms with Gasteiger partial charge in [-0.1, -0.05) is 43.2 Å². The minimum Gasteiger partial charge on any atom is -0.321 e. The van der Waals surface area contributed by atoms with Gasteiger partial charge >= 0.3 is 0 Å². The third-order valence-electron chi connectivity index (χ3n) is 5.09. The highest BCUT2D eigenvalue weighted by atomic mass is 32.1.